The normalized spacial score (nSPS) is 10.1. The Morgan fingerprint density at radius 3 is 2.36 bits per heavy atom. The van der Waals surface area contributed by atoms with Crippen LogP contribution in [0.3, 0.4) is 0 Å². The summed E-state index contributed by atoms with van der Waals surface area (Å²) in [5, 5.41) is 0.975. The van der Waals surface area contributed by atoms with E-state index in [1.807, 2.05) is 0 Å². The number of rotatable bonds is 7. The second kappa shape index (κ2) is 7.92. The molecule has 0 spiro atoms. The fourth-order valence-electron chi connectivity index (χ4n) is 1.76. The van der Waals surface area contributed by atoms with Gasteiger partial charge in [-0.15, -0.1) is 0 Å². The van der Waals surface area contributed by atoms with E-state index in [4.69, 9.17) is 37.4 Å². The van der Waals surface area contributed by atoms with E-state index < -0.39 is 0 Å². The lowest BCUT2D eigenvalue weighted by atomic mass is 10.2. The van der Waals surface area contributed by atoms with E-state index in [1.165, 1.54) is 0 Å². The zero-order chi connectivity index (χ0) is 15.9. The minimum Gasteiger partial charge on any atom is -0.497 e. The van der Waals surface area contributed by atoms with Crippen LogP contribution in [0.1, 0.15) is 10.4 Å². The molecular formula is C16H14Cl2O4. The summed E-state index contributed by atoms with van der Waals surface area (Å²) in [6.07, 6.45) is 0.728. The number of hydrogen-bond donors (Lipinski definition) is 0. The maximum atomic E-state index is 11.0. The predicted octanol–water partition coefficient (Wildman–Crippen LogP) is 4.27. The molecule has 0 saturated heterocycles. The van der Waals surface area contributed by atoms with Gasteiger partial charge in [0, 0.05) is 11.1 Å². The van der Waals surface area contributed by atoms with Crippen LogP contribution in [-0.2, 0) is 0 Å². The standard InChI is InChI=1S/C16H14Cl2O4/c1-20-13-4-2-11(10-19)16(9-13)22-7-6-21-15-5-3-12(17)8-14(15)18/h2-5,8-10H,6-7H2,1H3. The molecule has 0 radical (unpaired) electrons. The lowest BCUT2D eigenvalue weighted by Gasteiger charge is -2.11. The number of carbonyl (C=O) groups is 1. The summed E-state index contributed by atoms with van der Waals surface area (Å²) in [5.41, 5.74) is 0.449. The van der Waals surface area contributed by atoms with Crippen LogP contribution in [0, 0.1) is 0 Å². The summed E-state index contributed by atoms with van der Waals surface area (Å²) in [7, 11) is 1.55. The molecule has 6 heteroatoms. The average molecular weight is 341 g/mol. The highest BCUT2D eigenvalue weighted by molar-refractivity contribution is 6.35. The van der Waals surface area contributed by atoms with Crippen LogP contribution < -0.4 is 14.2 Å². The molecular weight excluding hydrogens is 327 g/mol. The first-order valence-corrected chi connectivity index (χ1v) is 7.23. The summed E-state index contributed by atoms with van der Waals surface area (Å²) in [6.45, 7) is 0.532. The van der Waals surface area contributed by atoms with Crippen molar-refractivity contribution in [2.75, 3.05) is 20.3 Å². The highest BCUT2D eigenvalue weighted by Crippen LogP contribution is 2.27. The Balaban J connectivity index is 1.92. The predicted molar refractivity (Wildman–Crippen MR) is 85.8 cm³/mol. The van der Waals surface area contributed by atoms with Gasteiger partial charge in [0.05, 0.1) is 17.7 Å². The van der Waals surface area contributed by atoms with E-state index >= 15 is 0 Å². The van der Waals surface area contributed by atoms with Crippen LogP contribution in [0.15, 0.2) is 36.4 Å². The Bertz CT molecular complexity index is 659. The Kier molecular flexibility index (Phi) is 5.92. The number of benzene rings is 2. The lowest BCUT2D eigenvalue weighted by molar-refractivity contribution is 0.111. The van der Waals surface area contributed by atoms with Crippen molar-refractivity contribution < 1.29 is 19.0 Å². The van der Waals surface area contributed by atoms with Crippen LogP contribution in [0.4, 0.5) is 0 Å². The van der Waals surface area contributed by atoms with Gasteiger partial charge in [-0.05, 0) is 30.3 Å². The fraction of sp³-hybridized carbons (Fsp3) is 0.188. The van der Waals surface area contributed by atoms with Crippen molar-refractivity contribution >= 4 is 29.5 Å². The molecule has 0 aromatic heterocycles. The second-order valence-electron chi connectivity index (χ2n) is 4.29. The van der Waals surface area contributed by atoms with E-state index in [-0.39, 0.29) is 13.2 Å². The van der Waals surface area contributed by atoms with Gasteiger partial charge in [0.2, 0.25) is 0 Å². The molecule has 2 aromatic rings. The summed E-state index contributed by atoms with van der Waals surface area (Å²) in [4.78, 5) is 11.0. The molecule has 2 rings (SSSR count). The summed E-state index contributed by atoms with van der Waals surface area (Å²) in [5.74, 6) is 1.58. The monoisotopic (exact) mass is 340 g/mol. The van der Waals surface area contributed by atoms with E-state index in [9.17, 15) is 4.79 Å². The Hall–Kier alpha value is -1.91. The van der Waals surface area contributed by atoms with Gasteiger partial charge in [0.15, 0.2) is 6.29 Å². The highest BCUT2D eigenvalue weighted by Gasteiger charge is 2.06. The SMILES string of the molecule is COc1ccc(C=O)c(OCCOc2ccc(Cl)cc2Cl)c1. The van der Waals surface area contributed by atoms with E-state index in [0.29, 0.717) is 32.9 Å². The first-order chi connectivity index (χ1) is 10.6. The molecule has 0 atom stereocenters. The van der Waals surface area contributed by atoms with Gasteiger partial charge in [0.1, 0.15) is 30.5 Å². The third-order valence-electron chi connectivity index (χ3n) is 2.84. The van der Waals surface area contributed by atoms with Crippen molar-refractivity contribution in [1.29, 1.82) is 0 Å². The van der Waals surface area contributed by atoms with Crippen LogP contribution in [-0.4, -0.2) is 26.6 Å². The van der Waals surface area contributed by atoms with Crippen LogP contribution in [0.25, 0.3) is 0 Å². The lowest BCUT2D eigenvalue weighted by Crippen LogP contribution is -2.10. The Morgan fingerprint density at radius 2 is 1.73 bits per heavy atom. The maximum absolute atomic E-state index is 11.0. The largest absolute Gasteiger partial charge is 0.497 e. The molecule has 0 aliphatic heterocycles. The van der Waals surface area contributed by atoms with E-state index in [2.05, 4.69) is 0 Å². The first kappa shape index (κ1) is 16.5. The molecule has 2 aromatic carbocycles. The minimum absolute atomic E-state index is 0.257. The van der Waals surface area contributed by atoms with Crippen molar-refractivity contribution in [2.45, 2.75) is 0 Å². The molecule has 22 heavy (non-hydrogen) atoms. The number of carbonyl (C=O) groups excluding carboxylic acids is 1. The molecule has 0 N–H and O–H groups in total. The number of halogens is 2. The smallest absolute Gasteiger partial charge is 0.153 e. The van der Waals surface area contributed by atoms with Gasteiger partial charge in [-0.3, -0.25) is 4.79 Å². The molecule has 0 fully saturated rings. The van der Waals surface area contributed by atoms with Crippen LogP contribution in [0.5, 0.6) is 17.2 Å². The minimum atomic E-state index is 0.257. The van der Waals surface area contributed by atoms with E-state index in [1.54, 1.807) is 43.5 Å². The summed E-state index contributed by atoms with van der Waals surface area (Å²) >= 11 is 11.8. The molecule has 4 nitrogen and oxygen atoms in total. The third-order valence-corrected chi connectivity index (χ3v) is 3.37. The molecule has 0 heterocycles. The van der Waals surface area contributed by atoms with Gasteiger partial charge in [-0.1, -0.05) is 23.2 Å². The number of methoxy groups -OCH3 is 1. The van der Waals surface area contributed by atoms with Gasteiger partial charge in [-0.2, -0.15) is 0 Å². The van der Waals surface area contributed by atoms with Crippen molar-refractivity contribution in [3.8, 4) is 17.2 Å². The molecule has 0 aliphatic carbocycles. The van der Waals surface area contributed by atoms with Crippen molar-refractivity contribution in [3.05, 3.63) is 52.0 Å². The first-order valence-electron chi connectivity index (χ1n) is 6.48. The van der Waals surface area contributed by atoms with E-state index in [0.717, 1.165) is 6.29 Å². The number of aldehydes is 1. The van der Waals surface area contributed by atoms with Gasteiger partial charge in [-0.25, -0.2) is 0 Å². The number of ether oxygens (including phenoxy) is 3. The van der Waals surface area contributed by atoms with Gasteiger partial charge >= 0.3 is 0 Å². The molecule has 0 saturated carbocycles. The maximum Gasteiger partial charge on any atom is 0.153 e. The molecule has 0 aliphatic rings. The molecule has 0 unspecified atom stereocenters. The van der Waals surface area contributed by atoms with Crippen LogP contribution in [0.2, 0.25) is 10.0 Å². The summed E-state index contributed by atoms with van der Waals surface area (Å²) in [6, 6.07) is 9.97. The van der Waals surface area contributed by atoms with Crippen molar-refractivity contribution in [3.63, 3.8) is 0 Å². The highest BCUT2D eigenvalue weighted by atomic mass is 35.5. The molecule has 0 amide bonds. The molecule has 0 bridgehead atoms. The van der Waals surface area contributed by atoms with Crippen molar-refractivity contribution in [1.82, 2.24) is 0 Å². The van der Waals surface area contributed by atoms with Gasteiger partial charge in [0.25, 0.3) is 0 Å². The Labute approximate surface area is 138 Å². The summed E-state index contributed by atoms with van der Waals surface area (Å²) < 4.78 is 16.2. The number of hydrogen-bond acceptors (Lipinski definition) is 4. The topological polar surface area (TPSA) is 44.8 Å². The van der Waals surface area contributed by atoms with Crippen molar-refractivity contribution in [2.24, 2.45) is 0 Å². The average Bonchev–Trinajstić information content (AvgIpc) is 2.53. The zero-order valence-corrected chi connectivity index (χ0v) is 13.4. The van der Waals surface area contributed by atoms with Crippen LogP contribution >= 0.6 is 23.2 Å². The third kappa shape index (κ3) is 4.29. The fourth-order valence-corrected chi connectivity index (χ4v) is 2.22. The zero-order valence-electron chi connectivity index (χ0n) is 11.8. The second-order valence-corrected chi connectivity index (χ2v) is 5.14. The molecule has 116 valence electrons. The van der Waals surface area contributed by atoms with Gasteiger partial charge < -0.3 is 14.2 Å². The quantitative estimate of drug-likeness (QED) is 0.557. The Morgan fingerprint density at radius 1 is 1.00 bits per heavy atom.